The van der Waals surface area contributed by atoms with Crippen LogP contribution >= 0.6 is 0 Å². The van der Waals surface area contributed by atoms with Gasteiger partial charge in [0, 0.05) is 50.0 Å². The summed E-state index contributed by atoms with van der Waals surface area (Å²) < 4.78 is 21.9. The van der Waals surface area contributed by atoms with Crippen molar-refractivity contribution in [3.05, 3.63) is 36.6 Å². The van der Waals surface area contributed by atoms with Crippen LogP contribution in [0, 0.1) is 82.9 Å². The summed E-state index contributed by atoms with van der Waals surface area (Å²) in [5.74, 6) is 16.2. The van der Waals surface area contributed by atoms with Crippen molar-refractivity contribution in [1.82, 2.24) is 0 Å². The number of aliphatic hydroxyl groups excluding tert-OH is 3. The van der Waals surface area contributed by atoms with E-state index in [0.29, 0.717) is 47.8 Å². The normalized spacial score (nSPS) is 28.8. The van der Waals surface area contributed by atoms with Crippen LogP contribution in [0.3, 0.4) is 0 Å². The summed E-state index contributed by atoms with van der Waals surface area (Å²) in [6.45, 7) is 10.4. The second kappa shape index (κ2) is 35.1. The lowest BCUT2D eigenvalue weighted by molar-refractivity contribution is -0.186. The molecule has 10 heteroatoms. The van der Waals surface area contributed by atoms with E-state index in [1.165, 1.54) is 45.6 Å². The van der Waals surface area contributed by atoms with Gasteiger partial charge in [0.1, 0.15) is 0 Å². The van der Waals surface area contributed by atoms with E-state index in [2.05, 4.69) is 67.4 Å². The van der Waals surface area contributed by atoms with Gasteiger partial charge in [0.15, 0.2) is 6.29 Å². The van der Waals surface area contributed by atoms with Gasteiger partial charge in [0.25, 0.3) is 0 Å². The third kappa shape index (κ3) is 25.0. The maximum Gasteiger partial charge on any atom is 0.305 e. The Morgan fingerprint density at radius 1 is 0.729 bits per heavy atom. The number of carbonyl (C=O) groups excluding carboxylic acids is 1. The fourth-order valence-electron chi connectivity index (χ4n) is 10.3. The Morgan fingerprint density at radius 3 is 1.90 bits per heavy atom. The van der Waals surface area contributed by atoms with Gasteiger partial charge < -0.3 is 39.4 Å². The molecule has 13 atom stereocenters. The van der Waals surface area contributed by atoms with Gasteiger partial charge in [0.05, 0.1) is 44.4 Å². The summed E-state index contributed by atoms with van der Waals surface area (Å²) in [7, 11) is 1.43. The molecule has 2 aliphatic heterocycles. The van der Waals surface area contributed by atoms with E-state index in [-0.39, 0.29) is 62.2 Å². The lowest BCUT2D eigenvalue weighted by Gasteiger charge is -2.29. The van der Waals surface area contributed by atoms with E-state index in [4.69, 9.17) is 19.3 Å². The summed E-state index contributed by atoms with van der Waals surface area (Å²) >= 11 is 0. The Morgan fingerprint density at radius 2 is 1.34 bits per heavy atom. The maximum absolute atomic E-state index is 11.2. The molecule has 0 aromatic heterocycles. The first-order chi connectivity index (χ1) is 33.4. The minimum absolute atomic E-state index is 0. The highest BCUT2D eigenvalue weighted by Crippen LogP contribution is 2.43. The Labute approximate surface area is 425 Å². The average Bonchev–Trinajstić information content (AvgIpc) is 4.29. The van der Waals surface area contributed by atoms with Crippen LogP contribution in [0.4, 0.5) is 0 Å². The number of unbranched alkanes of at least 4 members (excludes halogenated alkanes) is 6. The Kier molecular flexibility index (Phi) is 30.7. The maximum atomic E-state index is 11.2. The third-order valence-corrected chi connectivity index (χ3v) is 15.2. The molecule has 1 unspecified atom stereocenters. The van der Waals surface area contributed by atoms with Gasteiger partial charge >= 0.3 is 11.9 Å². The SMILES string of the molecule is C.C1=COCCC1.COC(=O)CCCCCC[C@@H]1[C@@H](/C=C/[C@@H](O)[C@@H](C)CC#CC2CC2)[C@H](O)C[C@@H]1C.C[C@@H]1C[C@H](O)[C@H](CCCCCCC(=O)O)[C@H]1/C=C/[C@@H](OC1CCCCO1)[C@@H](C)CC#CC1CC1. The van der Waals surface area contributed by atoms with E-state index in [1.807, 2.05) is 19.1 Å². The van der Waals surface area contributed by atoms with Gasteiger partial charge in [-0.2, -0.15) is 0 Å². The summed E-state index contributed by atoms with van der Waals surface area (Å²) in [5, 5.41) is 40.5. The zero-order valence-corrected chi connectivity index (χ0v) is 43.5. The first kappa shape index (κ1) is 61.2. The van der Waals surface area contributed by atoms with E-state index >= 15 is 0 Å². The van der Waals surface area contributed by atoms with E-state index in [0.717, 1.165) is 122 Å². The van der Waals surface area contributed by atoms with Gasteiger partial charge in [-0.25, -0.2) is 0 Å². The predicted molar refractivity (Wildman–Crippen MR) is 281 cm³/mol. The van der Waals surface area contributed by atoms with Gasteiger partial charge in [-0.15, -0.1) is 11.8 Å². The van der Waals surface area contributed by atoms with Crippen LogP contribution in [0.2, 0.25) is 0 Å². The zero-order chi connectivity index (χ0) is 49.8. The fraction of sp³-hybridized carbons (Fsp3) is 0.800. The molecule has 0 spiro atoms. The van der Waals surface area contributed by atoms with Crippen LogP contribution in [0.1, 0.15) is 196 Å². The molecule has 70 heavy (non-hydrogen) atoms. The molecule has 10 nitrogen and oxygen atoms in total. The Balaban J connectivity index is 0.000000329. The van der Waals surface area contributed by atoms with Crippen molar-refractivity contribution >= 4 is 11.9 Å². The first-order valence-electron chi connectivity index (χ1n) is 27.6. The van der Waals surface area contributed by atoms with Crippen LogP contribution in [-0.4, -0.2) is 83.4 Å². The molecule has 0 aromatic rings. The van der Waals surface area contributed by atoms with Gasteiger partial charge in [-0.1, -0.05) is 110 Å². The minimum Gasteiger partial charge on any atom is -0.502 e. The molecule has 4 aliphatic carbocycles. The smallest absolute Gasteiger partial charge is 0.305 e. The van der Waals surface area contributed by atoms with Gasteiger partial charge in [-0.05, 0) is 144 Å². The van der Waals surface area contributed by atoms with E-state index in [9.17, 15) is 24.9 Å². The number of hydrogen-bond donors (Lipinski definition) is 4. The summed E-state index contributed by atoms with van der Waals surface area (Å²) in [4.78, 5) is 21.8. The number of aliphatic carboxylic acids is 1. The van der Waals surface area contributed by atoms with Gasteiger partial charge in [0.2, 0.25) is 0 Å². The van der Waals surface area contributed by atoms with Crippen molar-refractivity contribution in [1.29, 1.82) is 0 Å². The molecule has 4 N–H and O–H groups in total. The minimum atomic E-state index is -0.714. The van der Waals surface area contributed by atoms with Crippen LogP contribution in [0.15, 0.2) is 36.6 Å². The largest absolute Gasteiger partial charge is 0.502 e. The molecule has 0 bridgehead atoms. The number of ether oxygens (including phenoxy) is 4. The molecule has 398 valence electrons. The van der Waals surface area contributed by atoms with Crippen LogP contribution in [0.5, 0.6) is 0 Å². The van der Waals surface area contributed by atoms with Crippen LogP contribution in [-0.2, 0) is 28.5 Å². The first-order valence-corrected chi connectivity index (χ1v) is 27.6. The second-order valence-corrected chi connectivity index (χ2v) is 21.5. The topological polar surface area (TPSA) is 152 Å². The Hall–Kier alpha value is -3.12. The third-order valence-electron chi connectivity index (χ3n) is 15.2. The zero-order valence-electron chi connectivity index (χ0n) is 43.5. The molecule has 6 aliphatic rings. The highest BCUT2D eigenvalue weighted by molar-refractivity contribution is 5.69. The molecule has 5 fully saturated rings. The number of aliphatic hydroxyl groups is 3. The van der Waals surface area contributed by atoms with Gasteiger partial charge in [-0.3, -0.25) is 9.59 Å². The molecule has 4 saturated carbocycles. The number of carboxylic acid groups (broad SMARTS) is 1. The second-order valence-electron chi connectivity index (χ2n) is 21.5. The summed E-state index contributed by atoms with van der Waals surface area (Å²) in [6.07, 6.45) is 35.6. The van der Waals surface area contributed by atoms with Crippen molar-refractivity contribution in [2.75, 3.05) is 20.3 Å². The van der Waals surface area contributed by atoms with E-state index < -0.39 is 12.1 Å². The van der Waals surface area contributed by atoms with Crippen LogP contribution in [0.25, 0.3) is 0 Å². The molecule has 0 aromatic carbocycles. The Bertz CT molecular complexity index is 1650. The standard InChI is InChI=1S/C29H46O5.C25H40O4.C5H8O.CH4/c1-21(10-9-11-23-15-16-23)27(34-29-14-7-8-19-33-29)18-17-24-22(2)20-26(30)25(24)12-5-3-4-6-13-28(31)32;1-18(9-8-10-20-13-14-20)23(26)16-15-22-21(19(2)17-24(22)27)11-6-4-5-7-12-25(28)29-3;1-2-4-6-5-3-1;/h17-18,21-27,29-30H,3-8,10,12-16,19-20H2,1-2H3,(H,31,32);15-16,18-24,26-27H,4-7,9,11-14,17H2,1-3H3;2,4H,1,3,5H2;1H4/b18-17+;16-15+;;/t21-,22+,24-,25+,26-,27+,29?;18-,19-,21-,22+,23+,24+;;/m00../s1. The highest BCUT2D eigenvalue weighted by atomic mass is 16.7. The summed E-state index contributed by atoms with van der Waals surface area (Å²) in [5.41, 5.74) is 0. The number of methoxy groups -OCH3 is 1. The molecule has 2 heterocycles. The fourth-order valence-corrected chi connectivity index (χ4v) is 10.3. The lowest BCUT2D eigenvalue weighted by atomic mass is 9.84. The molecule has 1 saturated heterocycles. The number of rotatable bonds is 24. The quantitative estimate of drug-likeness (QED) is 0.0318. The molecule has 6 rings (SSSR count). The number of carbonyl (C=O) groups is 2. The molecular weight excluding hydrogens is 881 g/mol. The number of hydrogen-bond acceptors (Lipinski definition) is 9. The molecule has 0 amide bonds. The number of esters is 1. The monoisotopic (exact) mass is 979 g/mol. The van der Waals surface area contributed by atoms with Crippen LogP contribution < -0.4 is 0 Å². The van der Waals surface area contributed by atoms with Crippen molar-refractivity contribution < 1.29 is 49.0 Å². The predicted octanol–water partition coefficient (Wildman–Crippen LogP) is 12.4. The lowest BCUT2D eigenvalue weighted by Crippen LogP contribution is -2.30. The average molecular weight is 979 g/mol. The van der Waals surface area contributed by atoms with Crippen molar-refractivity contribution in [2.24, 2.45) is 59.2 Å². The van der Waals surface area contributed by atoms with Crippen molar-refractivity contribution in [3.8, 4) is 23.7 Å². The number of allylic oxidation sites excluding steroid dienone is 2. The summed E-state index contributed by atoms with van der Waals surface area (Å²) in [6, 6.07) is 0. The van der Waals surface area contributed by atoms with E-state index in [1.54, 1.807) is 6.26 Å². The number of carboxylic acids is 1. The van der Waals surface area contributed by atoms with Crippen molar-refractivity contribution in [2.45, 2.75) is 226 Å². The highest BCUT2D eigenvalue weighted by Gasteiger charge is 2.39. The molecule has 0 radical (unpaired) electrons. The van der Waals surface area contributed by atoms with Crippen molar-refractivity contribution in [3.63, 3.8) is 0 Å². The molecular formula is C60H98O10.